The van der Waals surface area contributed by atoms with Crippen molar-refractivity contribution in [2.45, 2.75) is 11.3 Å². The SMILES string of the molecule is CNc1ncc(Br)cc1S(=O)(=O)NCCC(N)=O. The molecule has 1 heterocycles. The van der Waals surface area contributed by atoms with Crippen molar-refractivity contribution in [3.05, 3.63) is 16.7 Å². The van der Waals surface area contributed by atoms with Crippen LogP contribution in [0, 0.1) is 0 Å². The first-order valence-electron chi connectivity index (χ1n) is 4.98. The Morgan fingerprint density at radius 1 is 1.56 bits per heavy atom. The summed E-state index contributed by atoms with van der Waals surface area (Å²) in [5.74, 6) is -0.344. The van der Waals surface area contributed by atoms with E-state index < -0.39 is 15.9 Å². The molecule has 1 amide bonds. The zero-order valence-corrected chi connectivity index (χ0v) is 12.0. The molecule has 0 aliphatic rings. The number of rotatable bonds is 6. The molecule has 0 aliphatic heterocycles. The minimum absolute atomic E-state index is 0.00356. The molecule has 0 bridgehead atoms. The summed E-state index contributed by atoms with van der Waals surface area (Å²) in [5, 5.41) is 2.69. The van der Waals surface area contributed by atoms with Gasteiger partial charge in [-0.1, -0.05) is 0 Å². The fraction of sp³-hybridized carbons (Fsp3) is 0.333. The van der Waals surface area contributed by atoms with Gasteiger partial charge in [0, 0.05) is 30.7 Å². The molecule has 4 N–H and O–H groups in total. The number of pyridine rings is 1. The molecule has 0 aliphatic carbocycles. The summed E-state index contributed by atoms with van der Waals surface area (Å²) in [6.45, 7) is -0.0483. The Bertz CT molecular complexity index is 547. The number of hydrogen-bond donors (Lipinski definition) is 3. The number of primary amides is 1. The Balaban J connectivity index is 2.97. The highest BCUT2D eigenvalue weighted by Gasteiger charge is 2.19. The molecule has 0 unspecified atom stereocenters. The van der Waals surface area contributed by atoms with Gasteiger partial charge in [-0.15, -0.1) is 0 Å². The van der Waals surface area contributed by atoms with Crippen LogP contribution in [0.15, 0.2) is 21.6 Å². The monoisotopic (exact) mass is 336 g/mol. The van der Waals surface area contributed by atoms with Gasteiger partial charge in [-0.25, -0.2) is 18.1 Å². The molecule has 0 saturated heterocycles. The first-order chi connectivity index (χ1) is 8.36. The quantitative estimate of drug-likeness (QED) is 0.678. The Labute approximate surface area is 113 Å². The molecule has 9 heteroatoms. The van der Waals surface area contributed by atoms with Crippen LogP contribution >= 0.6 is 15.9 Å². The van der Waals surface area contributed by atoms with E-state index in [2.05, 4.69) is 31.0 Å². The predicted molar refractivity (Wildman–Crippen MR) is 70.5 cm³/mol. The van der Waals surface area contributed by atoms with Crippen molar-refractivity contribution in [3.8, 4) is 0 Å². The number of halogens is 1. The van der Waals surface area contributed by atoms with Gasteiger partial charge >= 0.3 is 0 Å². The summed E-state index contributed by atoms with van der Waals surface area (Å²) in [6, 6.07) is 1.42. The van der Waals surface area contributed by atoms with Crippen LogP contribution in [-0.4, -0.2) is 32.9 Å². The number of sulfonamides is 1. The molecular formula is C9H13BrN4O3S. The van der Waals surface area contributed by atoms with Gasteiger partial charge < -0.3 is 11.1 Å². The van der Waals surface area contributed by atoms with Crippen molar-refractivity contribution in [1.82, 2.24) is 9.71 Å². The number of nitrogens with zero attached hydrogens (tertiary/aromatic N) is 1. The molecule has 1 aromatic heterocycles. The van der Waals surface area contributed by atoms with E-state index in [4.69, 9.17) is 5.73 Å². The van der Waals surface area contributed by atoms with Crippen molar-refractivity contribution in [2.75, 3.05) is 18.9 Å². The van der Waals surface area contributed by atoms with E-state index in [0.29, 0.717) is 4.47 Å². The summed E-state index contributed by atoms with van der Waals surface area (Å²) < 4.78 is 26.8. The Hall–Kier alpha value is -1.19. The number of carbonyl (C=O) groups is 1. The van der Waals surface area contributed by atoms with Crippen molar-refractivity contribution >= 4 is 37.7 Å². The number of anilines is 1. The van der Waals surface area contributed by atoms with Crippen molar-refractivity contribution in [2.24, 2.45) is 5.73 Å². The van der Waals surface area contributed by atoms with Gasteiger partial charge in [-0.05, 0) is 22.0 Å². The van der Waals surface area contributed by atoms with E-state index in [0.717, 1.165) is 0 Å². The maximum atomic E-state index is 12.0. The van der Waals surface area contributed by atoms with E-state index in [9.17, 15) is 13.2 Å². The Kier molecular flexibility index (Phi) is 5.05. The molecule has 0 fully saturated rings. The average Bonchev–Trinajstić information content (AvgIpc) is 2.28. The maximum Gasteiger partial charge on any atom is 0.244 e. The topological polar surface area (TPSA) is 114 Å². The summed E-state index contributed by atoms with van der Waals surface area (Å²) in [6.07, 6.45) is 1.42. The largest absolute Gasteiger partial charge is 0.372 e. The minimum Gasteiger partial charge on any atom is -0.372 e. The summed E-state index contributed by atoms with van der Waals surface area (Å²) in [7, 11) is -2.17. The lowest BCUT2D eigenvalue weighted by Gasteiger charge is -2.10. The molecule has 1 aromatic rings. The van der Waals surface area contributed by atoms with E-state index in [1.807, 2.05) is 0 Å². The van der Waals surface area contributed by atoms with Gasteiger partial charge in [-0.2, -0.15) is 0 Å². The average molecular weight is 337 g/mol. The Morgan fingerprint density at radius 3 is 2.78 bits per heavy atom. The number of hydrogen-bond acceptors (Lipinski definition) is 5. The first kappa shape index (κ1) is 14.9. The molecule has 7 nitrogen and oxygen atoms in total. The molecule has 0 atom stereocenters. The number of nitrogens with two attached hydrogens (primary N) is 1. The van der Waals surface area contributed by atoms with E-state index in [1.165, 1.54) is 12.3 Å². The van der Waals surface area contributed by atoms with Crippen LogP contribution in [0.5, 0.6) is 0 Å². The van der Waals surface area contributed by atoms with Crippen molar-refractivity contribution < 1.29 is 13.2 Å². The van der Waals surface area contributed by atoms with Crippen molar-refractivity contribution in [3.63, 3.8) is 0 Å². The molecule has 0 aromatic carbocycles. The van der Waals surface area contributed by atoms with Gasteiger partial charge in [0.2, 0.25) is 15.9 Å². The predicted octanol–water partition coefficient (Wildman–Crippen LogP) is 0.0395. The minimum atomic E-state index is -3.73. The molecule has 0 saturated carbocycles. The molecule has 18 heavy (non-hydrogen) atoms. The highest BCUT2D eigenvalue weighted by molar-refractivity contribution is 9.10. The number of amides is 1. The van der Waals surface area contributed by atoms with E-state index in [1.54, 1.807) is 7.05 Å². The zero-order chi connectivity index (χ0) is 13.8. The number of aromatic nitrogens is 1. The second kappa shape index (κ2) is 6.12. The van der Waals surface area contributed by atoms with Gasteiger partial charge in [0.25, 0.3) is 0 Å². The second-order valence-electron chi connectivity index (χ2n) is 3.36. The summed E-state index contributed by atoms with van der Waals surface area (Å²) in [5.41, 5.74) is 4.93. The smallest absolute Gasteiger partial charge is 0.244 e. The molecule has 100 valence electrons. The first-order valence-corrected chi connectivity index (χ1v) is 7.25. The zero-order valence-electron chi connectivity index (χ0n) is 9.60. The van der Waals surface area contributed by atoms with Gasteiger partial charge in [0.05, 0.1) is 0 Å². The van der Waals surface area contributed by atoms with Crippen LogP contribution in [0.1, 0.15) is 6.42 Å². The third-order valence-corrected chi connectivity index (χ3v) is 3.92. The maximum absolute atomic E-state index is 12.0. The highest BCUT2D eigenvalue weighted by atomic mass is 79.9. The third kappa shape index (κ3) is 3.93. The fourth-order valence-electron chi connectivity index (χ4n) is 1.20. The third-order valence-electron chi connectivity index (χ3n) is 2.01. The summed E-state index contributed by atoms with van der Waals surface area (Å²) >= 11 is 3.15. The number of nitrogens with one attached hydrogen (secondary N) is 2. The van der Waals surface area contributed by atoms with Crippen LogP contribution in [-0.2, 0) is 14.8 Å². The van der Waals surface area contributed by atoms with Crippen molar-refractivity contribution in [1.29, 1.82) is 0 Å². The molecule has 0 radical (unpaired) electrons. The normalized spacial score (nSPS) is 11.2. The van der Waals surface area contributed by atoms with Gasteiger partial charge in [0.15, 0.2) is 0 Å². The van der Waals surface area contributed by atoms with Crippen LogP contribution in [0.25, 0.3) is 0 Å². The molecular weight excluding hydrogens is 324 g/mol. The molecule has 0 spiro atoms. The fourth-order valence-corrected chi connectivity index (χ4v) is 2.90. The lowest BCUT2D eigenvalue weighted by molar-refractivity contribution is -0.117. The van der Waals surface area contributed by atoms with Crippen LogP contribution in [0.3, 0.4) is 0 Å². The van der Waals surface area contributed by atoms with Crippen LogP contribution in [0.4, 0.5) is 5.82 Å². The molecule has 1 rings (SSSR count). The van der Waals surface area contributed by atoms with Gasteiger partial charge in [-0.3, -0.25) is 4.79 Å². The second-order valence-corrected chi connectivity index (χ2v) is 6.02. The van der Waals surface area contributed by atoms with E-state index >= 15 is 0 Å². The summed E-state index contributed by atoms with van der Waals surface area (Å²) in [4.78, 5) is 14.5. The van der Waals surface area contributed by atoms with Gasteiger partial charge in [0.1, 0.15) is 10.7 Å². The number of carbonyl (C=O) groups excluding carboxylic acids is 1. The lowest BCUT2D eigenvalue weighted by Crippen LogP contribution is -2.28. The van der Waals surface area contributed by atoms with Crippen LogP contribution < -0.4 is 15.8 Å². The lowest BCUT2D eigenvalue weighted by atomic mass is 10.4. The standard InChI is InChI=1S/C9H13BrN4O3S/c1-12-9-7(4-6(10)5-13-9)18(16,17)14-3-2-8(11)15/h4-5,14H,2-3H2,1H3,(H2,11,15)(H,12,13). The van der Waals surface area contributed by atoms with E-state index in [-0.39, 0.29) is 23.7 Å². The van der Waals surface area contributed by atoms with Crippen LogP contribution in [0.2, 0.25) is 0 Å². The Morgan fingerprint density at radius 2 is 2.22 bits per heavy atom. The highest BCUT2D eigenvalue weighted by Crippen LogP contribution is 2.22.